The van der Waals surface area contributed by atoms with Gasteiger partial charge in [0.2, 0.25) is 0 Å². The number of amides is 2. The lowest BCUT2D eigenvalue weighted by Gasteiger charge is -2.18. The van der Waals surface area contributed by atoms with Gasteiger partial charge in [-0.2, -0.15) is 5.10 Å². The molecule has 0 aliphatic heterocycles. The van der Waals surface area contributed by atoms with Crippen molar-refractivity contribution in [2.75, 3.05) is 11.9 Å². The molecule has 0 aliphatic carbocycles. The van der Waals surface area contributed by atoms with Gasteiger partial charge in [-0.3, -0.25) is 19.3 Å². The number of benzene rings is 3. The van der Waals surface area contributed by atoms with Crippen molar-refractivity contribution in [1.29, 1.82) is 0 Å². The molecule has 8 nitrogen and oxygen atoms in total. The number of nitrogens with one attached hydrogen (secondary N) is 1. The van der Waals surface area contributed by atoms with E-state index in [1.54, 1.807) is 43.4 Å². The summed E-state index contributed by atoms with van der Waals surface area (Å²) >= 11 is 0. The maximum atomic E-state index is 13.3. The first-order valence-electron chi connectivity index (χ1n) is 11.4. The maximum Gasteiger partial charge on any atom is 0.305 e. The number of rotatable bonds is 8. The summed E-state index contributed by atoms with van der Waals surface area (Å²) in [6.07, 6.45) is -0.284. The SMILES string of the molecule is Cc1ccc(C(CC(=O)O)NC(=O)c2cc(N(C)C(=O)c3ccccc3)n(-c3ccccc3)n2)cc1. The van der Waals surface area contributed by atoms with Gasteiger partial charge in [-0.15, -0.1) is 0 Å². The molecule has 1 aromatic heterocycles. The third-order valence-electron chi connectivity index (χ3n) is 5.76. The van der Waals surface area contributed by atoms with Crippen molar-refractivity contribution >= 4 is 23.6 Å². The largest absolute Gasteiger partial charge is 0.481 e. The molecule has 2 N–H and O–H groups in total. The molecule has 1 unspecified atom stereocenters. The Bertz CT molecular complexity index is 1370. The predicted molar refractivity (Wildman–Crippen MR) is 136 cm³/mol. The summed E-state index contributed by atoms with van der Waals surface area (Å²) in [6, 6.07) is 26.1. The predicted octanol–water partition coefficient (Wildman–Crippen LogP) is 4.40. The van der Waals surface area contributed by atoms with Crippen LogP contribution in [0.4, 0.5) is 5.82 Å². The maximum absolute atomic E-state index is 13.3. The van der Waals surface area contributed by atoms with Crippen LogP contribution in [0.3, 0.4) is 0 Å². The smallest absolute Gasteiger partial charge is 0.305 e. The lowest BCUT2D eigenvalue weighted by molar-refractivity contribution is -0.137. The number of carboxylic acid groups (broad SMARTS) is 1. The molecule has 0 fully saturated rings. The Hall–Kier alpha value is -4.72. The number of carboxylic acids is 1. The fraction of sp³-hybridized carbons (Fsp3) is 0.143. The highest BCUT2D eigenvalue weighted by Crippen LogP contribution is 2.24. The van der Waals surface area contributed by atoms with Gasteiger partial charge in [0.1, 0.15) is 5.82 Å². The van der Waals surface area contributed by atoms with Gasteiger partial charge in [-0.1, -0.05) is 66.2 Å². The first kappa shape index (κ1) is 24.4. The summed E-state index contributed by atoms with van der Waals surface area (Å²) in [6.45, 7) is 1.93. The topological polar surface area (TPSA) is 105 Å². The molecule has 0 radical (unpaired) electrons. The molecule has 2 amide bonds. The molecule has 0 spiro atoms. The van der Waals surface area contributed by atoms with Crippen molar-refractivity contribution in [1.82, 2.24) is 15.1 Å². The lowest BCUT2D eigenvalue weighted by Crippen LogP contribution is -2.30. The number of hydrogen-bond donors (Lipinski definition) is 2. The van der Waals surface area contributed by atoms with Crippen LogP contribution < -0.4 is 10.2 Å². The van der Waals surface area contributed by atoms with E-state index in [9.17, 15) is 19.5 Å². The van der Waals surface area contributed by atoms with E-state index in [-0.39, 0.29) is 18.0 Å². The average Bonchev–Trinajstić information content (AvgIpc) is 3.34. The molecule has 0 aliphatic rings. The second-order valence-electron chi connectivity index (χ2n) is 8.40. The number of anilines is 1. The zero-order valence-electron chi connectivity index (χ0n) is 20.0. The van der Waals surface area contributed by atoms with Crippen molar-refractivity contribution in [3.63, 3.8) is 0 Å². The Kier molecular flexibility index (Phi) is 7.25. The molecular formula is C28H26N4O4. The molecule has 182 valence electrons. The molecule has 0 saturated heterocycles. The third kappa shape index (κ3) is 5.50. The Morgan fingerprint density at radius 1 is 0.944 bits per heavy atom. The minimum absolute atomic E-state index is 0.0593. The summed E-state index contributed by atoms with van der Waals surface area (Å²) in [7, 11) is 1.62. The highest BCUT2D eigenvalue weighted by molar-refractivity contribution is 6.06. The quantitative estimate of drug-likeness (QED) is 0.387. The van der Waals surface area contributed by atoms with E-state index in [0.717, 1.165) is 5.56 Å². The van der Waals surface area contributed by atoms with E-state index in [1.165, 1.54) is 15.6 Å². The minimum atomic E-state index is -1.04. The van der Waals surface area contributed by atoms with Gasteiger partial charge in [0.25, 0.3) is 11.8 Å². The van der Waals surface area contributed by atoms with Crippen molar-refractivity contribution in [3.05, 3.63) is 113 Å². The Labute approximate surface area is 208 Å². The standard InChI is InChI=1S/C28H26N4O4/c1-19-13-15-20(16-14-19)23(18-26(33)34)29-27(35)24-17-25(32(30-24)22-11-7-4-8-12-22)31(2)28(36)21-9-5-3-6-10-21/h3-17,23H,18H2,1-2H3,(H,29,35)(H,33,34). The van der Waals surface area contributed by atoms with Crippen LogP contribution in [0.25, 0.3) is 5.69 Å². The van der Waals surface area contributed by atoms with E-state index < -0.39 is 17.9 Å². The van der Waals surface area contributed by atoms with Gasteiger partial charge in [0.05, 0.1) is 18.2 Å². The van der Waals surface area contributed by atoms with Gasteiger partial charge in [0.15, 0.2) is 5.69 Å². The first-order chi connectivity index (χ1) is 17.3. The molecule has 1 heterocycles. The lowest BCUT2D eigenvalue weighted by atomic mass is 10.0. The van der Waals surface area contributed by atoms with Crippen LogP contribution in [0.15, 0.2) is 91.0 Å². The number of carbonyl (C=O) groups excluding carboxylic acids is 2. The van der Waals surface area contributed by atoms with Crippen LogP contribution in [0.1, 0.15) is 44.4 Å². The summed E-state index contributed by atoms with van der Waals surface area (Å²) < 4.78 is 1.52. The van der Waals surface area contributed by atoms with E-state index >= 15 is 0 Å². The molecule has 36 heavy (non-hydrogen) atoms. The first-order valence-corrected chi connectivity index (χ1v) is 11.4. The molecule has 4 aromatic rings. The molecule has 1 atom stereocenters. The number of nitrogens with zero attached hydrogens (tertiary/aromatic N) is 3. The highest BCUT2D eigenvalue weighted by atomic mass is 16.4. The van der Waals surface area contributed by atoms with Crippen LogP contribution in [0, 0.1) is 6.92 Å². The Balaban J connectivity index is 1.68. The molecule has 0 bridgehead atoms. The zero-order chi connectivity index (χ0) is 25.7. The van der Waals surface area contributed by atoms with E-state index in [1.807, 2.05) is 55.5 Å². The fourth-order valence-corrected chi connectivity index (χ4v) is 3.82. The van der Waals surface area contributed by atoms with Crippen LogP contribution in [0.2, 0.25) is 0 Å². The molecule has 4 rings (SSSR count). The monoisotopic (exact) mass is 482 g/mol. The van der Waals surface area contributed by atoms with Gasteiger partial charge in [-0.05, 0) is 36.8 Å². The van der Waals surface area contributed by atoms with Gasteiger partial charge in [0, 0.05) is 18.7 Å². The van der Waals surface area contributed by atoms with Crippen LogP contribution in [0.5, 0.6) is 0 Å². The summed E-state index contributed by atoms with van der Waals surface area (Å²) in [5, 5.41) is 16.7. The molecule has 0 saturated carbocycles. The number of aryl methyl sites for hydroxylation is 1. The number of carbonyl (C=O) groups is 3. The third-order valence-corrected chi connectivity index (χ3v) is 5.76. The van der Waals surface area contributed by atoms with Crippen molar-refractivity contribution < 1.29 is 19.5 Å². The van der Waals surface area contributed by atoms with Crippen molar-refractivity contribution in [2.24, 2.45) is 0 Å². The van der Waals surface area contributed by atoms with Crippen molar-refractivity contribution in [3.8, 4) is 5.69 Å². The van der Waals surface area contributed by atoms with Crippen molar-refractivity contribution in [2.45, 2.75) is 19.4 Å². The molecule has 8 heteroatoms. The second-order valence-corrected chi connectivity index (χ2v) is 8.40. The molecule has 3 aromatic carbocycles. The number of aromatic nitrogens is 2. The number of hydrogen-bond acceptors (Lipinski definition) is 4. The normalized spacial score (nSPS) is 11.5. The summed E-state index contributed by atoms with van der Waals surface area (Å²) in [5.41, 5.74) is 2.92. The van der Waals surface area contributed by atoms with E-state index in [4.69, 9.17) is 0 Å². The van der Waals surface area contributed by atoms with Crippen LogP contribution in [-0.2, 0) is 4.79 Å². The van der Waals surface area contributed by atoms with Crippen LogP contribution >= 0.6 is 0 Å². The van der Waals surface area contributed by atoms with E-state index in [2.05, 4.69) is 10.4 Å². The Morgan fingerprint density at radius 2 is 1.56 bits per heavy atom. The highest BCUT2D eigenvalue weighted by Gasteiger charge is 2.25. The summed E-state index contributed by atoms with van der Waals surface area (Å²) in [4.78, 5) is 39.3. The van der Waals surface area contributed by atoms with Crippen LogP contribution in [-0.4, -0.2) is 39.7 Å². The van der Waals surface area contributed by atoms with Gasteiger partial charge < -0.3 is 10.4 Å². The Morgan fingerprint density at radius 3 is 2.17 bits per heavy atom. The number of para-hydroxylation sites is 1. The fourth-order valence-electron chi connectivity index (χ4n) is 3.82. The average molecular weight is 483 g/mol. The van der Waals surface area contributed by atoms with Gasteiger partial charge in [-0.25, -0.2) is 4.68 Å². The zero-order valence-corrected chi connectivity index (χ0v) is 20.0. The second kappa shape index (κ2) is 10.7. The van der Waals surface area contributed by atoms with Gasteiger partial charge >= 0.3 is 5.97 Å². The number of aliphatic carboxylic acids is 1. The minimum Gasteiger partial charge on any atom is -0.481 e. The molecular weight excluding hydrogens is 456 g/mol. The summed E-state index contributed by atoms with van der Waals surface area (Å²) in [5.74, 6) is -1.45. The van der Waals surface area contributed by atoms with E-state index in [0.29, 0.717) is 22.6 Å².